The Morgan fingerprint density at radius 2 is 2.15 bits per heavy atom. The molecular formula is C24H25ClN4O3S2. The van der Waals surface area contributed by atoms with E-state index < -0.39 is 0 Å². The zero-order valence-corrected chi connectivity index (χ0v) is 21.0. The van der Waals surface area contributed by atoms with Crippen LogP contribution in [-0.4, -0.2) is 43.5 Å². The van der Waals surface area contributed by atoms with E-state index in [0.29, 0.717) is 29.0 Å². The molecule has 1 N–H and O–H groups in total. The average molecular weight is 517 g/mol. The van der Waals surface area contributed by atoms with E-state index in [2.05, 4.69) is 0 Å². The van der Waals surface area contributed by atoms with Gasteiger partial charge in [0, 0.05) is 23.1 Å². The van der Waals surface area contributed by atoms with Gasteiger partial charge in [-0.05, 0) is 55.9 Å². The minimum Gasteiger partial charge on any atom is -0.395 e. The van der Waals surface area contributed by atoms with Gasteiger partial charge in [0.05, 0.1) is 41.4 Å². The summed E-state index contributed by atoms with van der Waals surface area (Å²) in [5.41, 5.74) is 2.99. The van der Waals surface area contributed by atoms with Crippen molar-refractivity contribution in [2.24, 2.45) is 0 Å². The van der Waals surface area contributed by atoms with Gasteiger partial charge in [-0.2, -0.15) is 0 Å². The van der Waals surface area contributed by atoms with Gasteiger partial charge in [-0.25, -0.2) is 9.97 Å². The van der Waals surface area contributed by atoms with Crippen LogP contribution in [-0.2, 0) is 36.4 Å². The predicted octanol–water partition coefficient (Wildman–Crippen LogP) is 4.41. The van der Waals surface area contributed by atoms with Crippen molar-refractivity contribution in [3.05, 3.63) is 49.8 Å². The number of fused-ring (bicyclic) bond motifs is 4. The fraction of sp³-hybridized carbons (Fsp3) is 0.458. The molecule has 0 saturated carbocycles. The number of hydrogen-bond donors (Lipinski definition) is 1. The molecule has 1 aliphatic carbocycles. The van der Waals surface area contributed by atoms with Crippen molar-refractivity contribution >= 4 is 55.9 Å². The van der Waals surface area contributed by atoms with E-state index in [0.717, 1.165) is 65.8 Å². The van der Waals surface area contributed by atoms with E-state index in [1.54, 1.807) is 11.3 Å². The second kappa shape index (κ2) is 9.28. The number of aliphatic hydroxyl groups is 1. The molecule has 4 aromatic rings. The van der Waals surface area contributed by atoms with Gasteiger partial charge in [-0.1, -0.05) is 23.4 Å². The van der Waals surface area contributed by atoms with E-state index in [1.807, 2.05) is 27.3 Å². The third-order valence-corrected chi connectivity index (χ3v) is 9.04. The number of aryl methyl sites for hydroxylation is 2. The number of thioether (sulfide) groups is 1. The number of halogens is 1. The molecule has 3 aromatic heterocycles. The molecule has 0 bridgehead atoms. The standard InChI is InChI=1S/C24H25ClN4O3S2/c25-14-6-7-17-18(11-14)28(8-9-30)20(26-17)13-33-24-27-22-21(16-4-1-5-19(16)34-22)23(31)29(24)12-15-3-2-10-32-15/h6-7,11,15,30H,1-5,8-10,12-13H2/t15-/m1/s1. The molecule has 1 saturated heterocycles. The van der Waals surface area contributed by atoms with Crippen LogP contribution in [0.25, 0.3) is 21.3 Å². The quantitative estimate of drug-likeness (QED) is 0.289. The van der Waals surface area contributed by atoms with Crippen molar-refractivity contribution in [1.29, 1.82) is 0 Å². The number of hydrogen-bond acceptors (Lipinski definition) is 7. The van der Waals surface area contributed by atoms with Crippen LogP contribution in [0, 0.1) is 0 Å². The van der Waals surface area contributed by atoms with E-state index in [-0.39, 0.29) is 18.3 Å². The molecular weight excluding hydrogens is 492 g/mol. The summed E-state index contributed by atoms with van der Waals surface area (Å²) < 4.78 is 9.69. The topological polar surface area (TPSA) is 82.2 Å². The van der Waals surface area contributed by atoms with Crippen molar-refractivity contribution in [3.8, 4) is 0 Å². The summed E-state index contributed by atoms with van der Waals surface area (Å²) in [6.07, 6.45) is 5.15. The summed E-state index contributed by atoms with van der Waals surface area (Å²) in [4.78, 5) is 25.6. The molecule has 1 fully saturated rings. The Balaban J connectivity index is 1.40. The van der Waals surface area contributed by atoms with Crippen LogP contribution in [0.1, 0.15) is 35.5 Å². The van der Waals surface area contributed by atoms with Gasteiger partial charge in [0.2, 0.25) is 0 Å². The number of thiophene rings is 1. The van der Waals surface area contributed by atoms with Crippen LogP contribution in [0.5, 0.6) is 0 Å². The SMILES string of the molecule is O=c1c2c3c(sc2nc(SCc2nc4ccc(Cl)cc4n2CCO)n1C[C@H]1CCCO1)CCC3. The molecule has 0 radical (unpaired) electrons. The van der Waals surface area contributed by atoms with Crippen molar-refractivity contribution < 1.29 is 9.84 Å². The third-order valence-electron chi connectivity index (χ3n) is 6.64. The largest absolute Gasteiger partial charge is 0.395 e. The molecule has 0 spiro atoms. The fourth-order valence-corrected chi connectivity index (χ4v) is 7.48. The second-order valence-electron chi connectivity index (χ2n) is 8.81. The molecule has 0 amide bonds. The van der Waals surface area contributed by atoms with Gasteiger partial charge in [0.1, 0.15) is 10.7 Å². The lowest BCUT2D eigenvalue weighted by molar-refractivity contribution is 0.0937. The van der Waals surface area contributed by atoms with Crippen molar-refractivity contribution in [2.45, 2.75) is 62.2 Å². The van der Waals surface area contributed by atoms with E-state index in [4.69, 9.17) is 26.3 Å². The molecule has 178 valence electrons. The second-order valence-corrected chi connectivity index (χ2v) is 11.3. The lowest BCUT2D eigenvalue weighted by Crippen LogP contribution is -2.29. The molecule has 1 aromatic carbocycles. The van der Waals surface area contributed by atoms with Gasteiger partial charge in [0.25, 0.3) is 5.56 Å². The van der Waals surface area contributed by atoms with Crippen molar-refractivity contribution in [3.63, 3.8) is 0 Å². The van der Waals surface area contributed by atoms with Gasteiger partial charge < -0.3 is 14.4 Å². The molecule has 7 nitrogen and oxygen atoms in total. The van der Waals surface area contributed by atoms with Gasteiger partial charge in [0.15, 0.2) is 5.16 Å². The first-order chi connectivity index (χ1) is 16.6. The Kier molecular flexibility index (Phi) is 6.15. The molecule has 34 heavy (non-hydrogen) atoms. The van der Waals surface area contributed by atoms with Crippen LogP contribution in [0.15, 0.2) is 28.2 Å². The number of benzene rings is 1. The highest BCUT2D eigenvalue weighted by molar-refractivity contribution is 7.98. The molecule has 0 unspecified atom stereocenters. The summed E-state index contributed by atoms with van der Waals surface area (Å²) in [5.74, 6) is 1.35. The monoisotopic (exact) mass is 516 g/mol. The number of rotatable bonds is 7. The molecule has 2 aliphatic rings. The van der Waals surface area contributed by atoms with E-state index in [9.17, 15) is 9.90 Å². The van der Waals surface area contributed by atoms with Gasteiger partial charge >= 0.3 is 0 Å². The fourth-order valence-electron chi connectivity index (χ4n) is 5.06. The highest BCUT2D eigenvalue weighted by atomic mass is 35.5. The lowest BCUT2D eigenvalue weighted by Gasteiger charge is -2.16. The number of ether oxygens (including phenoxy) is 1. The zero-order chi connectivity index (χ0) is 23.2. The summed E-state index contributed by atoms with van der Waals surface area (Å²) in [6.45, 7) is 1.71. The summed E-state index contributed by atoms with van der Waals surface area (Å²) >= 11 is 9.40. The van der Waals surface area contributed by atoms with E-state index >= 15 is 0 Å². The van der Waals surface area contributed by atoms with Crippen LogP contribution < -0.4 is 5.56 Å². The number of aromatic nitrogens is 4. The molecule has 1 aliphatic heterocycles. The minimum absolute atomic E-state index is 0.00429. The molecule has 10 heteroatoms. The first-order valence-corrected chi connectivity index (χ1v) is 13.9. The summed E-state index contributed by atoms with van der Waals surface area (Å²) in [7, 11) is 0. The Bertz CT molecular complexity index is 1440. The first-order valence-electron chi connectivity index (χ1n) is 11.7. The zero-order valence-electron chi connectivity index (χ0n) is 18.6. The highest BCUT2D eigenvalue weighted by Gasteiger charge is 2.26. The Hall–Kier alpha value is -1.91. The maximum atomic E-state index is 13.7. The number of aliphatic hydroxyl groups excluding tert-OH is 1. The Labute approximate surface area is 209 Å². The smallest absolute Gasteiger partial charge is 0.263 e. The van der Waals surface area contributed by atoms with Crippen molar-refractivity contribution in [1.82, 2.24) is 19.1 Å². The number of imidazole rings is 1. The van der Waals surface area contributed by atoms with Crippen LogP contribution in [0.4, 0.5) is 0 Å². The van der Waals surface area contributed by atoms with Gasteiger partial charge in [-0.15, -0.1) is 11.3 Å². The lowest BCUT2D eigenvalue weighted by atomic mass is 10.2. The highest BCUT2D eigenvalue weighted by Crippen LogP contribution is 2.36. The minimum atomic E-state index is 0.00429. The van der Waals surface area contributed by atoms with Crippen LogP contribution in [0.2, 0.25) is 5.02 Å². The summed E-state index contributed by atoms with van der Waals surface area (Å²) in [5, 5.41) is 11.8. The van der Waals surface area contributed by atoms with Gasteiger partial charge in [-0.3, -0.25) is 9.36 Å². The van der Waals surface area contributed by atoms with Crippen molar-refractivity contribution in [2.75, 3.05) is 13.2 Å². The maximum absolute atomic E-state index is 13.7. The van der Waals surface area contributed by atoms with Crippen LogP contribution >= 0.6 is 34.7 Å². The normalized spacial score (nSPS) is 17.9. The third kappa shape index (κ3) is 3.97. The predicted molar refractivity (Wildman–Crippen MR) is 136 cm³/mol. The Morgan fingerprint density at radius 1 is 1.24 bits per heavy atom. The average Bonchev–Trinajstić information content (AvgIpc) is 3.60. The number of nitrogens with zero attached hydrogens (tertiary/aromatic N) is 4. The van der Waals surface area contributed by atoms with Crippen LogP contribution in [0.3, 0.4) is 0 Å². The molecule has 4 heterocycles. The maximum Gasteiger partial charge on any atom is 0.263 e. The van der Waals surface area contributed by atoms with E-state index in [1.165, 1.54) is 22.2 Å². The Morgan fingerprint density at radius 3 is 2.97 bits per heavy atom. The molecule has 6 rings (SSSR count). The summed E-state index contributed by atoms with van der Waals surface area (Å²) in [6, 6.07) is 5.59. The molecule has 1 atom stereocenters. The first kappa shape index (κ1) is 22.5.